The van der Waals surface area contributed by atoms with E-state index in [1.165, 1.54) is 72.8 Å². The third-order valence-electron chi connectivity index (χ3n) is 13.1. The van der Waals surface area contributed by atoms with Crippen molar-refractivity contribution in [1.82, 2.24) is 19.9 Å². The van der Waals surface area contributed by atoms with Crippen molar-refractivity contribution in [2.45, 2.75) is 52.5 Å². The van der Waals surface area contributed by atoms with Crippen LogP contribution in [0.2, 0.25) is 0 Å². The summed E-state index contributed by atoms with van der Waals surface area (Å²) in [5.41, 5.74) is 0.0779. The van der Waals surface area contributed by atoms with Crippen LogP contribution in [0.5, 0.6) is 0 Å². The average molecular weight is 1350 g/mol. The van der Waals surface area contributed by atoms with E-state index < -0.39 is 161 Å². The van der Waals surface area contributed by atoms with E-state index in [2.05, 4.69) is 31.2 Å². The van der Waals surface area contributed by atoms with Crippen molar-refractivity contribution in [3.05, 3.63) is 78.4 Å². The summed E-state index contributed by atoms with van der Waals surface area (Å²) < 4.78 is 251. The fourth-order valence-electron chi connectivity index (χ4n) is 9.66. The zero-order chi connectivity index (χ0) is 59.6. The number of nitrogens with zero attached hydrogens (tertiary/aromatic N) is 2. The molecule has 83 heavy (non-hydrogen) atoms. The number of sulfone groups is 4. The van der Waals surface area contributed by atoms with Crippen molar-refractivity contribution in [1.29, 1.82) is 0 Å². The molecule has 0 spiro atoms. The molecule has 0 amide bonds. The van der Waals surface area contributed by atoms with E-state index in [1.54, 1.807) is 0 Å². The maximum Gasteiger partial charge on any atom is 2.00 e. The number of H-pyrrole nitrogens is 2. The van der Waals surface area contributed by atoms with Crippen LogP contribution in [0.25, 0.3) is 43.1 Å². The molecule has 0 saturated heterocycles. The van der Waals surface area contributed by atoms with Crippen molar-refractivity contribution in [2.75, 3.05) is 67.3 Å². The van der Waals surface area contributed by atoms with E-state index in [4.69, 9.17) is 9.97 Å². The minimum atomic E-state index is -4.87. The summed E-state index contributed by atoms with van der Waals surface area (Å²) in [5.74, 6) is -8.81. The van der Waals surface area contributed by atoms with Crippen molar-refractivity contribution in [3.63, 3.8) is 0 Å². The smallest absolute Gasteiger partial charge is 0.748 e. The maximum atomic E-state index is 14.4. The van der Waals surface area contributed by atoms with E-state index in [1.807, 2.05) is 0 Å². The molecule has 1 radical (unpaired) electrons. The van der Waals surface area contributed by atoms with Gasteiger partial charge in [-0.25, -0.2) is 67.3 Å². The summed E-state index contributed by atoms with van der Waals surface area (Å²) >= 11 is 0. The molecular formula is C46H46CuN8O20S8-4. The monoisotopic (exact) mass is 1350 g/mol. The van der Waals surface area contributed by atoms with Gasteiger partial charge in [0.05, 0.1) is 95.6 Å². The number of hydrogen-bond acceptors (Lipinski definition) is 24. The SMILES string of the molecule is O=S(=O)([O-])CCCCS(=O)(=O)c1cccc2c3[n-]c(c12)Nc1[nH]c(c2c(S(=O)(=O)CCCS(=O)(=O)[O-])cccc12)Nc1[nH]c(c2c(CS(=O)(=O)CCCS(=O)(=O)[O-])cccc12)Nc1[n-]c(c2c(S(=O)(=O)CCCS(=O)(=O)[O-])cccc12)N3.[Cu+2]. The maximum absolute atomic E-state index is 14.4. The zero-order valence-electron chi connectivity index (χ0n) is 42.5. The number of unbranched alkanes of at least 4 members (excludes halogenated alkanes) is 1. The normalized spacial score (nSPS) is 13.8. The van der Waals surface area contributed by atoms with Crippen LogP contribution in [0, 0.1) is 0 Å². The minimum Gasteiger partial charge on any atom is -0.748 e. The number of fused-ring (bicyclic) bond motifs is 20. The van der Waals surface area contributed by atoms with Gasteiger partial charge in [0.15, 0.2) is 39.3 Å². The second-order valence-electron chi connectivity index (χ2n) is 19.1. The van der Waals surface area contributed by atoms with E-state index in [-0.39, 0.29) is 130 Å². The average Bonchev–Trinajstić information content (AvgIpc) is 2.00. The molecule has 0 unspecified atom stereocenters. The van der Waals surface area contributed by atoms with Gasteiger partial charge in [-0.15, -0.1) is 0 Å². The Hall–Kier alpha value is -5.80. The Kier molecular flexibility index (Phi) is 17.7. The summed E-state index contributed by atoms with van der Waals surface area (Å²) in [6, 6.07) is 16.4. The molecule has 1 aliphatic heterocycles. The number of anilines is 8. The number of aromatic amines is 2. The van der Waals surface area contributed by atoms with E-state index >= 15 is 0 Å². The zero-order valence-corrected chi connectivity index (χ0v) is 49.9. The first-order chi connectivity index (χ1) is 38.1. The Bertz CT molecular complexity index is 4770. The topological polar surface area (TPSA) is 473 Å². The molecule has 9 rings (SSSR count). The molecule has 5 heterocycles. The summed E-state index contributed by atoms with van der Waals surface area (Å²) in [5, 5.41) is 12.5. The first-order valence-corrected chi connectivity index (χ1v) is 37.4. The van der Waals surface area contributed by atoms with Gasteiger partial charge in [-0.3, -0.25) is 0 Å². The number of aromatic nitrogens is 4. The molecule has 37 heteroatoms. The molecule has 6 N–H and O–H groups in total. The molecule has 4 aromatic carbocycles. The number of hydrogen-bond donors (Lipinski definition) is 6. The van der Waals surface area contributed by atoms with Gasteiger partial charge in [-0.2, -0.15) is 0 Å². The van der Waals surface area contributed by atoms with Crippen LogP contribution in [-0.2, 0) is 103 Å². The van der Waals surface area contributed by atoms with Crippen LogP contribution < -0.4 is 31.2 Å². The van der Waals surface area contributed by atoms with Crippen LogP contribution >= 0.6 is 0 Å². The fourth-order valence-corrected chi connectivity index (χ4v) is 18.4. The summed E-state index contributed by atoms with van der Waals surface area (Å²) in [4.78, 5) is 14.6. The van der Waals surface area contributed by atoms with Gasteiger partial charge in [0.25, 0.3) is 0 Å². The second kappa shape index (κ2) is 23.2. The van der Waals surface area contributed by atoms with Crippen LogP contribution in [-0.4, -0.2) is 142 Å². The predicted molar refractivity (Wildman–Crippen MR) is 299 cm³/mol. The van der Waals surface area contributed by atoms with Crippen LogP contribution in [0.1, 0.15) is 37.7 Å². The van der Waals surface area contributed by atoms with Gasteiger partial charge >= 0.3 is 17.1 Å². The molecule has 1 aliphatic rings. The van der Waals surface area contributed by atoms with Crippen molar-refractivity contribution < 1.29 is 103 Å². The molecule has 0 atom stereocenters. The van der Waals surface area contributed by atoms with Gasteiger partial charge in [-0.1, -0.05) is 54.6 Å². The quantitative estimate of drug-likeness (QED) is 0.0321. The second-order valence-corrected chi connectivity index (χ2v) is 33.6. The molecule has 0 saturated carbocycles. The summed E-state index contributed by atoms with van der Waals surface area (Å²) in [6.07, 6.45) is -2.36. The van der Waals surface area contributed by atoms with E-state index in [0.717, 1.165) is 0 Å². The first kappa shape index (κ1) is 63.2. The van der Waals surface area contributed by atoms with Crippen molar-refractivity contribution in [2.24, 2.45) is 0 Å². The van der Waals surface area contributed by atoms with Crippen LogP contribution in [0.15, 0.2) is 87.5 Å². The predicted octanol–water partition coefficient (Wildman–Crippen LogP) is 3.52. The Morgan fingerprint density at radius 1 is 0.337 bits per heavy atom. The van der Waals surface area contributed by atoms with Crippen LogP contribution in [0.3, 0.4) is 0 Å². The van der Waals surface area contributed by atoms with Gasteiger partial charge < -0.3 is 59.4 Å². The molecule has 0 fully saturated rings. The van der Waals surface area contributed by atoms with Gasteiger partial charge in [0, 0.05) is 78.6 Å². The number of rotatable bonds is 22. The Morgan fingerprint density at radius 2 is 0.687 bits per heavy atom. The Labute approximate surface area is 486 Å². The van der Waals surface area contributed by atoms with Crippen molar-refractivity contribution >= 4 is 169 Å². The third kappa shape index (κ3) is 14.5. The van der Waals surface area contributed by atoms with E-state index in [0.29, 0.717) is 0 Å². The Morgan fingerprint density at radius 3 is 1.18 bits per heavy atom. The molecule has 28 nitrogen and oxygen atoms in total. The third-order valence-corrected chi connectivity index (χ3v) is 23.4. The fraction of sp³-hybridized carbons (Fsp3) is 0.304. The molecule has 453 valence electrons. The molecule has 4 aromatic heterocycles. The van der Waals surface area contributed by atoms with Crippen molar-refractivity contribution in [3.8, 4) is 0 Å². The van der Waals surface area contributed by atoms with Gasteiger partial charge in [0.2, 0.25) is 0 Å². The number of benzene rings is 4. The standard InChI is InChI=1S/C46H50N8O20S8.Cu/c55-75(56,18-7-23-80(66,67)68)26-27-10-3-11-28-35(27)43-47-39(28)49-44-38-31(14-6-17-34(38)78(61,62)21-9-25-82(72,73)74)42(51-44)53-45-36-30(13-4-15-32(36)76(57,58)19-1-2-22-79(63,64)65)41(52-45)54-46-37-29(40(48-43)50-46)12-5-16-33(37)77(59,60)20-8-24-81(69,70)71;/h3-6,10-17,47-49,51,53-54H,1-2,7-9,18-26H2,(H,63,64,65)(H,66,67,68)(H,69,70,71)(H,72,73,74);/q-2;+2/p-4. The van der Waals surface area contributed by atoms with Crippen LogP contribution in [0.4, 0.5) is 46.5 Å². The summed E-state index contributed by atoms with van der Waals surface area (Å²) in [7, 11) is -36.9. The minimum absolute atomic E-state index is 0. The molecular weight excluding hydrogens is 1300 g/mol. The van der Waals surface area contributed by atoms with E-state index in [9.17, 15) is 85.6 Å². The van der Waals surface area contributed by atoms with Gasteiger partial charge in [-0.05, 0) is 66.6 Å². The number of nitrogens with one attached hydrogen (secondary N) is 6. The molecule has 8 bridgehead atoms. The molecule has 0 aliphatic carbocycles. The molecule has 8 aromatic rings. The largest absolute Gasteiger partial charge is 2.00 e. The summed E-state index contributed by atoms with van der Waals surface area (Å²) in [6.45, 7) is 0. The Balaban J connectivity index is 0.00000900. The first-order valence-electron chi connectivity index (χ1n) is 24.3. The van der Waals surface area contributed by atoms with Gasteiger partial charge in [0.1, 0.15) is 11.6 Å².